The Labute approximate surface area is 134 Å². The van der Waals surface area contributed by atoms with Crippen molar-refractivity contribution in [2.45, 2.75) is 25.5 Å². The van der Waals surface area contributed by atoms with Gasteiger partial charge in [0, 0.05) is 12.7 Å². The van der Waals surface area contributed by atoms with Crippen molar-refractivity contribution in [2.24, 2.45) is 0 Å². The van der Waals surface area contributed by atoms with Crippen LogP contribution in [0.25, 0.3) is 0 Å². The van der Waals surface area contributed by atoms with Gasteiger partial charge >= 0.3 is 6.03 Å². The van der Waals surface area contributed by atoms with Crippen molar-refractivity contribution in [3.63, 3.8) is 0 Å². The lowest BCUT2D eigenvalue weighted by Gasteiger charge is -2.19. The predicted octanol–water partition coefficient (Wildman–Crippen LogP) is 2.38. The van der Waals surface area contributed by atoms with Crippen LogP contribution in [0.5, 0.6) is 0 Å². The number of rotatable bonds is 6. The van der Waals surface area contributed by atoms with Crippen LogP contribution in [0.1, 0.15) is 30.6 Å². The molecule has 0 spiro atoms. The van der Waals surface area contributed by atoms with E-state index in [2.05, 4.69) is 15.6 Å². The lowest BCUT2D eigenvalue weighted by molar-refractivity contribution is 0.183. The van der Waals surface area contributed by atoms with Crippen LogP contribution in [0.3, 0.4) is 0 Å². The molecule has 0 saturated carbocycles. The second kappa shape index (κ2) is 8.24. The van der Waals surface area contributed by atoms with E-state index in [0.717, 1.165) is 0 Å². The smallest absolute Gasteiger partial charge is 0.315 e. The van der Waals surface area contributed by atoms with E-state index in [1.54, 1.807) is 37.4 Å². The molecule has 2 unspecified atom stereocenters. The summed E-state index contributed by atoms with van der Waals surface area (Å²) >= 11 is 0. The fourth-order valence-corrected chi connectivity index (χ4v) is 2.14. The van der Waals surface area contributed by atoms with E-state index in [1.807, 2.05) is 6.07 Å². The first kappa shape index (κ1) is 16.9. The van der Waals surface area contributed by atoms with Crippen LogP contribution >= 0.6 is 0 Å². The van der Waals surface area contributed by atoms with Gasteiger partial charge in [0.1, 0.15) is 5.82 Å². The maximum absolute atomic E-state index is 13.5. The molecule has 2 amide bonds. The van der Waals surface area contributed by atoms with Gasteiger partial charge in [-0.1, -0.05) is 18.2 Å². The van der Waals surface area contributed by atoms with Gasteiger partial charge in [0.25, 0.3) is 0 Å². The molecule has 0 aliphatic rings. The number of halogens is 1. The Hall–Kier alpha value is -2.47. The molecule has 1 heterocycles. The first-order chi connectivity index (χ1) is 11.1. The molecule has 6 heteroatoms. The van der Waals surface area contributed by atoms with Gasteiger partial charge < -0.3 is 15.7 Å². The Morgan fingerprint density at radius 3 is 2.78 bits per heavy atom. The number of nitrogens with one attached hydrogen (secondary N) is 2. The molecule has 2 atom stereocenters. The van der Waals surface area contributed by atoms with Crippen LogP contribution in [0.4, 0.5) is 9.18 Å². The lowest BCUT2D eigenvalue weighted by Crippen LogP contribution is -2.39. The van der Waals surface area contributed by atoms with Crippen molar-refractivity contribution in [3.05, 3.63) is 65.7 Å². The van der Waals surface area contributed by atoms with Crippen LogP contribution in [0.2, 0.25) is 0 Å². The summed E-state index contributed by atoms with van der Waals surface area (Å²) in [5.74, 6) is -0.375. The Morgan fingerprint density at radius 2 is 2.13 bits per heavy atom. The zero-order valence-electron chi connectivity index (χ0n) is 12.9. The average Bonchev–Trinajstić information content (AvgIpc) is 2.53. The highest BCUT2D eigenvalue weighted by atomic mass is 19.1. The molecule has 0 saturated heterocycles. The van der Waals surface area contributed by atoms with Gasteiger partial charge in [-0.05, 0) is 43.2 Å². The Balaban J connectivity index is 2.13. The van der Waals surface area contributed by atoms with Gasteiger partial charge in [0.2, 0.25) is 0 Å². The number of amides is 2. The third-order valence-electron chi connectivity index (χ3n) is 3.29. The van der Waals surface area contributed by atoms with Crippen molar-refractivity contribution in [1.29, 1.82) is 0 Å². The largest absolute Gasteiger partial charge is 0.393 e. The standard InChI is InChI=1S/C17H20FN3O2/c1-12(22)8-10-20-17(23)21-16(15-7-2-3-9-19-15)13-5-4-6-14(18)11-13/h2-7,9,11-12,16,22H,8,10H2,1H3,(H2,20,21,23). The molecular formula is C17H20FN3O2. The molecule has 1 aromatic heterocycles. The summed E-state index contributed by atoms with van der Waals surface area (Å²) in [6.07, 6.45) is 1.60. The number of aliphatic hydroxyl groups is 1. The van der Waals surface area contributed by atoms with Crippen LogP contribution in [-0.4, -0.2) is 28.8 Å². The molecular weight excluding hydrogens is 297 g/mol. The van der Waals surface area contributed by atoms with Gasteiger partial charge in [-0.3, -0.25) is 4.98 Å². The average molecular weight is 317 g/mol. The minimum absolute atomic E-state index is 0.349. The molecule has 3 N–H and O–H groups in total. The van der Waals surface area contributed by atoms with Crippen LogP contribution < -0.4 is 10.6 Å². The maximum Gasteiger partial charge on any atom is 0.315 e. The molecule has 5 nitrogen and oxygen atoms in total. The second-order valence-electron chi connectivity index (χ2n) is 5.28. The van der Waals surface area contributed by atoms with Gasteiger partial charge in [-0.15, -0.1) is 0 Å². The molecule has 0 fully saturated rings. The minimum atomic E-state index is -0.557. The van der Waals surface area contributed by atoms with Crippen LogP contribution in [0.15, 0.2) is 48.7 Å². The highest BCUT2D eigenvalue weighted by Gasteiger charge is 2.18. The number of hydrogen-bond acceptors (Lipinski definition) is 3. The topological polar surface area (TPSA) is 74.2 Å². The summed E-state index contributed by atoms with van der Waals surface area (Å²) < 4.78 is 13.5. The van der Waals surface area contributed by atoms with Crippen molar-refractivity contribution in [3.8, 4) is 0 Å². The normalized spacial score (nSPS) is 13.2. The number of hydrogen-bond donors (Lipinski definition) is 3. The molecule has 2 aromatic rings. The molecule has 0 aliphatic heterocycles. The number of benzene rings is 1. The van der Waals surface area contributed by atoms with E-state index in [1.165, 1.54) is 12.1 Å². The van der Waals surface area contributed by atoms with Gasteiger partial charge in [0.05, 0.1) is 17.8 Å². The zero-order valence-corrected chi connectivity index (χ0v) is 12.9. The van der Waals surface area contributed by atoms with E-state index >= 15 is 0 Å². The van der Waals surface area contributed by atoms with E-state index < -0.39 is 18.2 Å². The molecule has 2 rings (SSSR count). The number of carbonyl (C=O) groups is 1. The summed E-state index contributed by atoms with van der Waals surface area (Å²) in [5.41, 5.74) is 1.22. The number of aliphatic hydroxyl groups excluding tert-OH is 1. The SMILES string of the molecule is CC(O)CCNC(=O)NC(c1cccc(F)c1)c1ccccn1. The Bertz CT molecular complexity index is 635. The molecule has 0 bridgehead atoms. The lowest BCUT2D eigenvalue weighted by atomic mass is 10.0. The minimum Gasteiger partial charge on any atom is -0.393 e. The highest BCUT2D eigenvalue weighted by Crippen LogP contribution is 2.20. The first-order valence-corrected chi connectivity index (χ1v) is 7.45. The number of nitrogens with zero attached hydrogens (tertiary/aromatic N) is 1. The monoisotopic (exact) mass is 317 g/mol. The quantitative estimate of drug-likeness (QED) is 0.766. The molecule has 0 radical (unpaired) electrons. The summed E-state index contributed by atoms with van der Waals surface area (Å²) in [6.45, 7) is 2.00. The first-order valence-electron chi connectivity index (χ1n) is 7.45. The number of urea groups is 1. The second-order valence-corrected chi connectivity index (χ2v) is 5.28. The fraction of sp³-hybridized carbons (Fsp3) is 0.294. The van der Waals surface area contributed by atoms with Crippen molar-refractivity contribution in [2.75, 3.05) is 6.54 Å². The van der Waals surface area contributed by atoms with Gasteiger partial charge in [0.15, 0.2) is 0 Å². The van der Waals surface area contributed by atoms with Crippen molar-refractivity contribution in [1.82, 2.24) is 15.6 Å². The van der Waals surface area contributed by atoms with Crippen LogP contribution in [-0.2, 0) is 0 Å². The summed E-state index contributed by atoms with van der Waals surface area (Å²) in [6, 6.07) is 10.4. The summed E-state index contributed by atoms with van der Waals surface area (Å²) in [4.78, 5) is 16.3. The number of aromatic nitrogens is 1. The fourth-order valence-electron chi connectivity index (χ4n) is 2.14. The third kappa shape index (κ3) is 5.34. The zero-order chi connectivity index (χ0) is 16.7. The predicted molar refractivity (Wildman–Crippen MR) is 85.3 cm³/mol. The molecule has 23 heavy (non-hydrogen) atoms. The van der Waals surface area contributed by atoms with E-state index in [-0.39, 0.29) is 5.82 Å². The maximum atomic E-state index is 13.5. The summed E-state index contributed by atoms with van der Waals surface area (Å²) in [5, 5.41) is 14.7. The third-order valence-corrected chi connectivity index (χ3v) is 3.29. The van der Waals surface area contributed by atoms with E-state index in [0.29, 0.717) is 24.2 Å². The molecule has 0 aliphatic carbocycles. The highest BCUT2D eigenvalue weighted by molar-refractivity contribution is 5.74. The van der Waals surface area contributed by atoms with E-state index in [9.17, 15) is 14.3 Å². The molecule has 122 valence electrons. The van der Waals surface area contributed by atoms with Crippen molar-refractivity contribution >= 4 is 6.03 Å². The van der Waals surface area contributed by atoms with Gasteiger partial charge in [-0.25, -0.2) is 9.18 Å². The van der Waals surface area contributed by atoms with Crippen molar-refractivity contribution < 1.29 is 14.3 Å². The molecule has 1 aromatic carbocycles. The number of pyridine rings is 1. The Kier molecular flexibility index (Phi) is 6.05. The number of carbonyl (C=O) groups excluding carboxylic acids is 1. The Morgan fingerprint density at radius 1 is 1.30 bits per heavy atom. The van der Waals surface area contributed by atoms with E-state index in [4.69, 9.17) is 0 Å². The van der Waals surface area contributed by atoms with Gasteiger partial charge in [-0.2, -0.15) is 0 Å². The summed E-state index contributed by atoms with van der Waals surface area (Å²) in [7, 11) is 0. The van der Waals surface area contributed by atoms with Crippen LogP contribution in [0, 0.1) is 5.82 Å².